The van der Waals surface area contributed by atoms with Crippen LogP contribution in [-0.2, 0) is 38.8 Å². The van der Waals surface area contributed by atoms with Crippen LogP contribution in [-0.4, -0.2) is 48.6 Å². The van der Waals surface area contributed by atoms with Gasteiger partial charge in [0.25, 0.3) is 7.82 Å². The molecule has 0 aromatic carbocycles. The van der Waals surface area contributed by atoms with Gasteiger partial charge in [0.05, 0.1) is 19.0 Å². The zero-order chi connectivity index (χ0) is 23.0. The third kappa shape index (κ3) is 6.10. The van der Waals surface area contributed by atoms with Gasteiger partial charge in [-0.05, 0) is 0 Å². The van der Waals surface area contributed by atoms with Crippen molar-refractivity contribution < 1.29 is 57.3 Å². The number of aliphatic hydroxyl groups is 1. The summed E-state index contributed by atoms with van der Waals surface area (Å²) >= 11 is 4.39. The molecular formula is C10H15N6O11P3S-2. The molecule has 3 heterocycles. The number of phosphoric acid groups is 1. The van der Waals surface area contributed by atoms with E-state index in [2.05, 4.69) is 35.4 Å². The molecule has 3 rings (SSSR count). The van der Waals surface area contributed by atoms with Crippen LogP contribution in [0, 0.1) is 0 Å². The molecule has 1 aliphatic rings. The average Bonchev–Trinajstić information content (AvgIpc) is 3.22. The summed E-state index contributed by atoms with van der Waals surface area (Å²) in [5, 5.41) is 18.0. The Labute approximate surface area is 178 Å². The average molecular weight is 520 g/mol. The van der Waals surface area contributed by atoms with Crippen LogP contribution in [0.5, 0.6) is 0 Å². The lowest BCUT2D eigenvalue weighted by atomic mass is 10.2. The molecule has 1 aliphatic heterocycles. The molecule has 174 valence electrons. The van der Waals surface area contributed by atoms with Crippen LogP contribution in [0.15, 0.2) is 12.7 Å². The molecule has 21 heteroatoms. The minimum Gasteiger partial charge on any atom is -0.779 e. The molecule has 6 N–H and O–H groups in total. The summed E-state index contributed by atoms with van der Waals surface area (Å²) in [4.78, 5) is 46.4. The van der Waals surface area contributed by atoms with Gasteiger partial charge in [0.15, 0.2) is 11.5 Å². The van der Waals surface area contributed by atoms with E-state index in [1.54, 1.807) is 0 Å². The molecule has 0 amide bonds. The van der Waals surface area contributed by atoms with Crippen molar-refractivity contribution in [2.75, 3.05) is 12.3 Å². The van der Waals surface area contributed by atoms with Crippen molar-refractivity contribution in [3.05, 3.63) is 12.7 Å². The Kier molecular flexibility index (Phi) is 7.27. The Morgan fingerprint density at radius 1 is 1.32 bits per heavy atom. The Morgan fingerprint density at radius 3 is 2.71 bits per heavy atom. The van der Waals surface area contributed by atoms with Crippen LogP contribution in [0.25, 0.3) is 11.2 Å². The van der Waals surface area contributed by atoms with Gasteiger partial charge in [-0.3, -0.25) is 13.4 Å². The molecule has 3 unspecified atom stereocenters. The van der Waals surface area contributed by atoms with E-state index in [1.165, 1.54) is 17.2 Å². The summed E-state index contributed by atoms with van der Waals surface area (Å²) in [6.45, 7) is -5.51. The van der Waals surface area contributed by atoms with Gasteiger partial charge < -0.3 is 34.8 Å². The van der Waals surface area contributed by atoms with Gasteiger partial charge in [0.2, 0.25) is 0 Å². The zero-order valence-electron chi connectivity index (χ0n) is 15.1. The number of hydrogen-bond donors (Lipinski definition) is 4. The first kappa shape index (κ1) is 24.7. The number of hydrogen-bond acceptors (Lipinski definition) is 16. The van der Waals surface area contributed by atoms with Gasteiger partial charge in [-0.1, -0.05) is 11.8 Å². The summed E-state index contributed by atoms with van der Waals surface area (Å²) in [5.74, 6) is 0.136. The van der Waals surface area contributed by atoms with Crippen LogP contribution in [0.4, 0.5) is 5.82 Å². The Balaban J connectivity index is 1.63. The van der Waals surface area contributed by atoms with Crippen molar-refractivity contribution in [1.29, 1.82) is 0 Å². The monoisotopic (exact) mass is 520 g/mol. The molecular weight excluding hydrogens is 505 g/mol. The van der Waals surface area contributed by atoms with Crippen LogP contribution in [0.3, 0.4) is 0 Å². The van der Waals surface area contributed by atoms with Crippen molar-refractivity contribution in [2.45, 2.75) is 24.9 Å². The highest BCUT2D eigenvalue weighted by Gasteiger charge is 2.37. The number of ether oxygens (including phenoxy) is 1. The fraction of sp³-hybridized carbons (Fsp3) is 0.500. The van der Waals surface area contributed by atoms with Gasteiger partial charge in [-0.25, -0.2) is 29.0 Å². The Morgan fingerprint density at radius 2 is 2.03 bits per heavy atom. The second-order valence-electron chi connectivity index (χ2n) is 6.02. The topological polar surface area (TPSA) is 267 Å². The molecule has 6 atom stereocenters. The SMILES string of the molecule is Nc1ncnc2c1ncn2[C@H]1C[C@H](O)[C@@H](COP([O-])(=S)OP(=O)([O-])OP(=O)([O-])[NH2+]O)O1. The predicted octanol–water partition coefficient (Wildman–Crippen LogP) is -3.42. The summed E-state index contributed by atoms with van der Waals surface area (Å²) in [6, 6.07) is 0. The summed E-state index contributed by atoms with van der Waals surface area (Å²) in [7, 11) is -11.1. The van der Waals surface area contributed by atoms with Gasteiger partial charge in [0, 0.05) is 6.42 Å². The molecule has 31 heavy (non-hydrogen) atoms. The smallest absolute Gasteiger partial charge is 0.363 e. The molecule has 0 bridgehead atoms. The summed E-state index contributed by atoms with van der Waals surface area (Å²) in [6.07, 6.45) is -0.454. The number of anilines is 1. The van der Waals surface area contributed by atoms with E-state index in [4.69, 9.17) is 20.2 Å². The maximum atomic E-state index is 12.1. The molecule has 0 saturated carbocycles. The van der Waals surface area contributed by atoms with Gasteiger partial charge >= 0.3 is 7.75 Å². The minimum atomic E-state index is -5.76. The Bertz CT molecular complexity index is 1100. The number of fused-ring (bicyclic) bond motifs is 1. The van der Waals surface area contributed by atoms with Crippen LogP contribution in [0.2, 0.25) is 0 Å². The van der Waals surface area contributed by atoms with E-state index in [0.29, 0.717) is 11.2 Å². The van der Waals surface area contributed by atoms with Crippen LogP contribution >= 0.6 is 22.3 Å². The summed E-state index contributed by atoms with van der Waals surface area (Å²) in [5.41, 5.74) is 6.35. The van der Waals surface area contributed by atoms with Crippen molar-refractivity contribution in [3.8, 4) is 0 Å². The number of imidazole rings is 1. The molecule has 0 radical (unpaired) electrons. The first-order valence-corrected chi connectivity index (χ1v) is 13.7. The maximum Gasteiger partial charge on any atom is 0.363 e. The van der Waals surface area contributed by atoms with Gasteiger partial charge in [-0.2, -0.15) is 5.25 Å². The highest BCUT2D eigenvalue weighted by atomic mass is 32.5. The number of quaternary nitrogens is 1. The molecule has 0 aliphatic carbocycles. The fourth-order valence-electron chi connectivity index (χ4n) is 2.60. The normalized spacial score (nSPS) is 27.6. The van der Waals surface area contributed by atoms with Crippen molar-refractivity contribution in [3.63, 3.8) is 0 Å². The largest absolute Gasteiger partial charge is 0.779 e. The third-order valence-corrected chi connectivity index (χ3v) is 8.83. The lowest BCUT2D eigenvalue weighted by Crippen LogP contribution is -2.77. The predicted molar refractivity (Wildman–Crippen MR) is 95.6 cm³/mol. The van der Waals surface area contributed by atoms with Crippen molar-refractivity contribution in [2.24, 2.45) is 0 Å². The zero-order valence-corrected chi connectivity index (χ0v) is 18.6. The number of nitrogens with two attached hydrogens (primary N) is 2. The lowest BCUT2D eigenvalue weighted by Gasteiger charge is -2.35. The van der Waals surface area contributed by atoms with Crippen LogP contribution < -0.4 is 25.7 Å². The van der Waals surface area contributed by atoms with E-state index in [-0.39, 0.29) is 12.2 Å². The van der Waals surface area contributed by atoms with E-state index in [0.717, 1.165) is 0 Å². The second-order valence-corrected chi connectivity index (χ2v) is 12.0. The fourth-order valence-corrected chi connectivity index (χ4v) is 6.69. The van der Waals surface area contributed by atoms with E-state index < -0.39 is 52.6 Å². The third-order valence-electron chi connectivity index (χ3n) is 3.85. The molecule has 2 aromatic heterocycles. The standard InChI is InChI=1S/C10H17N6O11P3S/c11-9-8-10(13-3-12-9)16(4-14-8)7-1-5(17)6(25-7)2-24-30(23,31)27-29(21,22)26-28(19,20)15-18/h3-7,17-18H,1-2H2,(H,21,22)(H,23,31)(H2,11,12,13)(H2,15,19,20)/p-2/t5-,6+,7+,30?/m0/s1. The Hall–Kier alpha value is -0.940. The number of nitrogen functional groups attached to an aromatic ring is 1. The van der Waals surface area contributed by atoms with Gasteiger partial charge in [0.1, 0.15) is 30.9 Å². The minimum absolute atomic E-state index is 0.0286. The maximum absolute atomic E-state index is 12.1. The number of aromatic nitrogens is 4. The molecule has 1 fully saturated rings. The molecule has 17 nitrogen and oxygen atoms in total. The van der Waals surface area contributed by atoms with Gasteiger partial charge in [-0.15, -0.1) is 0 Å². The number of rotatable bonds is 9. The number of nitrogens with zero attached hydrogens (tertiary/aromatic N) is 4. The van der Waals surface area contributed by atoms with E-state index in [9.17, 15) is 28.9 Å². The van der Waals surface area contributed by atoms with Crippen molar-refractivity contribution in [1.82, 2.24) is 19.5 Å². The summed E-state index contributed by atoms with van der Waals surface area (Å²) < 4.78 is 41.8. The van der Waals surface area contributed by atoms with E-state index >= 15 is 0 Å². The first-order chi connectivity index (χ1) is 14.3. The van der Waals surface area contributed by atoms with Crippen molar-refractivity contribution >= 4 is 51.1 Å². The first-order valence-electron chi connectivity index (χ1n) is 8.08. The highest BCUT2D eigenvalue weighted by molar-refractivity contribution is 8.07. The number of aliphatic hydroxyl groups excluding tert-OH is 1. The molecule has 2 aromatic rings. The lowest BCUT2D eigenvalue weighted by molar-refractivity contribution is -0.797. The second kappa shape index (κ2) is 9.13. The van der Waals surface area contributed by atoms with Crippen LogP contribution in [0.1, 0.15) is 12.6 Å². The molecule has 1 saturated heterocycles. The highest BCUT2D eigenvalue weighted by Crippen LogP contribution is 2.60. The molecule has 0 spiro atoms. The van der Waals surface area contributed by atoms with E-state index in [1.807, 2.05) is 0 Å². The quantitative estimate of drug-likeness (QED) is 0.185.